The molecule has 1 N–H and O–H groups in total. The van der Waals surface area contributed by atoms with Crippen LogP contribution in [0.15, 0.2) is 36.4 Å². The highest BCUT2D eigenvalue weighted by Crippen LogP contribution is 2.26. The highest BCUT2D eigenvalue weighted by molar-refractivity contribution is 6.42. The quantitative estimate of drug-likeness (QED) is 0.855. The first-order valence-corrected chi connectivity index (χ1v) is 6.92. The Labute approximate surface area is 123 Å². The average Bonchev–Trinajstić information content (AvgIpc) is 2.37. The van der Waals surface area contributed by atoms with Gasteiger partial charge in [-0.3, -0.25) is 0 Å². The Morgan fingerprint density at radius 3 is 2.32 bits per heavy atom. The molecular formula is C16H16Cl2O. The number of rotatable bonds is 3. The van der Waals surface area contributed by atoms with Crippen LogP contribution in [-0.4, -0.2) is 5.11 Å². The molecule has 0 bridgehead atoms. The summed E-state index contributed by atoms with van der Waals surface area (Å²) < 4.78 is 0. The lowest BCUT2D eigenvalue weighted by Gasteiger charge is -2.13. The van der Waals surface area contributed by atoms with Gasteiger partial charge >= 0.3 is 0 Å². The molecule has 19 heavy (non-hydrogen) atoms. The van der Waals surface area contributed by atoms with Crippen LogP contribution in [0.5, 0.6) is 0 Å². The lowest BCUT2D eigenvalue weighted by Crippen LogP contribution is -2.02. The van der Waals surface area contributed by atoms with Gasteiger partial charge in [0, 0.05) is 6.42 Å². The number of aliphatic hydroxyl groups is 1. The first-order valence-electron chi connectivity index (χ1n) is 6.16. The summed E-state index contributed by atoms with van der Waals surface area (Å²) in [7, 11) is 0. The maximum absolute atomic E-state index is 10.3. The maximum atomic E-state index is 10.3. The van der Waals surface area contributed by atoms with Gasteiger partial charge in [-0.05, 0) is 48.2 Å². The van der Waals surface area contributed by atoms with Gasteiger partial charge in [0.15, 0.2) is 0 Å². The van der Waals surface area contributed by atoms with Gasteiger partial charge in [-0.1, -0.05) is 47.5 Å². The number of benzene rings is 2. The van der Waals surface area contributed by atoms with Gasteiger partial charge in [0.1, 0.15) is 0 Å². The van der Waals surface area contributed by atoms with Crippen LogP contribution in [0.1, 0.15) is 28.4 Å². The van der Waals surface area contributed by atoms with E-state index in [0.717, 1.165) is 11.1 Å². The van der Waals surface area contributed by atoms with Gasteiger partial charge in [0.2, 0.25) is 0 Å². The zero-order valence-corrected chi connectivity index (χ0v) is 12.5. The summed E-state index contributed by atoms with van der Waals surface area (Å²) in [5.74, 6) is 0. The van der Waals surface area contributed by atoms with Crippen LogP contribution < -0.4 is 0 Å². The van der Waals surface area contributed by atoms with Crippen molar-refractivity contribution in [2.45, 2.75) is 26.4 Å². The largest absolute Gasteiger partial charge is 0.388 e. The molecule has 0 spiro atoms. The molecule has 0 heterocycles. The molecule has 100 valence electrons. The Morgan fingerprint density at radius 2 is 1.68 bits per heavy atom. The molecule has 2 rings (SSSR count). The van der Waals surface area contributed by atoms with Gasteiger partial charge in [0.25, 0.3) is 0 Å². The van der Waals surface area contributed by atoms with Crippen LogP contribution in [0.3, 0.4) is 0 Å². The standard InChI is InChI=1S/C16H16Cl2O/c1-10-3-5-13(7-11(10)2)16(19)9-12-4-6-14(17)15(18)8-12/h3-8,16,19H,9H2,1-2H3. The van der Waals surface area contributed by atoms with E-state index in [1.54, 1.807) is 12.1 Å². The van der Waals surface area contributed by atoms with Crippen LogP contribution in [0.2, 0.25) is 10.0 Å². The summed E-state index contributed by atoms with van der Waals surface area (Å²) in [6.07, 6.45) is -0.00381. The fourth-order valence-electron chi connectivity index (χ4n) is 1.98. The predicted molar refractivity (Wildman–Crippen MR) is 81.0 cm³/mol. The Balaban J connectivity index is 2.17. The monoisotopic (exact) mass is 294 g/mol. The maximum Gasteiger partial charge on any atom is 0.0830 e. The van der Waals surface area contributed by atoms with E-state index in [2.05, 4.69) is 6.92 Å². The van der Waals surface area contributed by atoms with Crippen molar-refractivity contribution in [2.24, 2.45) is 0 Å². The van der Waals surface area contributed by atoms with E-state index in [1.807, 2.05) is 31.2 Å². The van der Waals surface area contributed by atoms with E-state index >= 15 is 0 Å². The Kier molecular flexibility index (Phi) is 4.51. The van der Waals surface area contributed by atoms with Crippen LogP contribution in [0.25, 0.3) is 0 Å². The molecule has 0 aromatic heterocycles. The van der Waals surface area contributed by atoms with Gasteiger partial charge in [-0.2, -0.15) is 0 Å². The van der Waals surface area contributed by atoms with Gasteiger partial charge in [0.05, 0.1) is 16.1 Å². The van der Waals surface area contributed by atoms with E-state index in [-0.39, 0.29) is 0 Å². The van der Waals surface area contributed by atoms with Crippen molar-refractivity contribution in [3.8, 4) is 0 Å². The number of halogens is 2. The smallest absolute Gasteiger partial charge is 0.0830 e. The van der Waals surface area contributed by atoms with Crippen LogP contribution in [0, 0.1) is 13.8 Å². The van der Waals surface area contributed by atoms with E-state index in [0.29, 0.717) is 16.5 Å². The molecule has 1 nitrogen and oxygen atoms in total. The van der Waals surface area contributed by atoms with Crippen molar-refractivity contribution in [3.63, 3.8) is 0 Å². The lowest BCUT2D eigenvalue weighted by atomic mass is 9.98. The van der Waals surface area contributed by atoms with E-state index < -0.39 is 6.10 Å². The van der Waals surface area contributed by atoms with Crippen LogP contribution in [0.4, 0.5) is 0 Å². The van der Waals surface area contributed by atoms with Crippen molar-refractivity contribution < 1.29 is 5.11 Å². The number of aryl methyl sites for hydroxylation is 2. The Morgan fingerprint density at radius 1 is 0.947 bits per heavy atom. The second kappa shape index (κ2) is 5.96. The molecule has 0 fully saturated rings. The second-order valence-corrected chi connectivity index (χ2v) is 5.63. The predicted octanol–water partition coefficient (Wildman–Crippen LogP) is 4.89. The highest BCUT2D eigenvalue weighted by Gasteiger charge is 2.10. The lowest BCUT2D eigenvalue weighted by molar-refractivity contribution is 0.178. The first-order chi connectivity index (χ1) is 8.97. The number of hydrogen-bond acceptors (Lipinski definition) is 1. The Bertz CT molecular complexity index is 593. The molecule has 2 aromatic rings. The molecule has 0 saturated heterocycles. The topological polar surface area (TPSA) is 20.2 Å². The molecule has 2 aromatic carbocycles. The zero-order chi connectivity index (χ0) is 14.0. The summed E-state index contributed by atoms with van der Waals surface area (Å²) in [6.45, 7) is 4.11. The normalized spacial score (nSPS) is 12.5. The number of hydrogen-bond donors (Lipinski definition) is 1. The summed E-state index contributed by atoms with van der Waals surface area (Å²) in [4.78, 5) is 0. The molecule has 3 heteroatoms. The van der Waals surface area contributed by atoms with Crippen LogP contribution in [-0.2, 0) is 6.42 Å². The minimum atomic E-state index is -0.531. The molecule has 0 radical (unpaired) electrons. The molecule has 0 aliphatic carbocycles. The van der Waals surface area contributed by atoms with Crippen molar-refractivity contribution in [3.05, 3.63) is 68.7 Å². The second-order valence-electron chi connectivity index (χ2n) is 4.81. The zero-order valence-electron chi connectivity index (χ0n) is 11.0. The van der Waals surface area contributed by atoms with Gasteiger partial charge < -0.3 is 5.11 Å². The average molecular weight is 295 g/mol. The van der Waals surface area contributed by atoms with E-state index in [4.69, 9.17) is 23.2 Å². The minimum absolute atomic E-state index is 0.520. The van der Waals surface area contributed by atoms with Crippen molar-refractivity contribution in [1.29, 1.82) is 0 Å². The molecule has 0 amide bonds. The molecular weight excluding hydrogens is 279 g/mol. The third-order valence-electron chi connectivity index (χ3n) is 3.33. The van der Waals surface area contributed by atoms with Crippen molar-refractivity contribution >= 4 is 23.2 Å². The molecule has 1 unspecified atom stereocenters. The first kappa shape index (κ1) is 14.4. The molecule has 1 atom stereocenters. The fourth-order valence-corrected chi connectivity index (χ4v) is 2.30. The summed E-state index contributed by atoms with van der Waals surface area (Å²) in [5.41, 5.74) is 4.31. The third-order valence-corrected chi connectivity index (χ3v) is 4.07. The number of aliphatic hydroxyl groups excluding tert-OH is 1. The minimum Gasteiger partial charge on any atom is -0.388 e. The Hall–Kier alpha value is -1.02. The van der Waals surface area contributed by atoms with E-state index in [1.165, 1.54) is 11.1 Å². The summed E-state index contributed by atoms with van der Waals surface area (Å²) in [5, 5.41) is 11.3. The summed E-state index contributed by atoms with van der Waals surface area (Å²) >= 11 is 11.9. The van der Waals surface area contributed by atoms with Gasteiger partial charge in [-0.25, -0.2) is 0 Å². The third kappa shape index (κ3) is 3.50. The fraction of sp³-hybridized carbons (Fsp3) is 0.250. The summed E-state index contributed by atoms with van der Waals surface area (Å²) in [6, 6.07) is 11.5. The SMILES string of the molecule is Cc1ccc(C(O)Cc2ccc(Cl)c(Cl)c2)cc1C. The molecule has 0 saturated carbocycles. The molecule has 0 aliphatic rings. The van der Waals surface area contributed by atoms with E-state index in [9.17, 15) is 5.11 Å². The van der Waals surface area contributed by atoms with Crippen molar-refractivity contribution in [2.75, 3.05) is 0 Å². The molecule has 0 aliphatic heterocycles. The van der Waals surface area contributed by atoms with Crippen molar-refractivity contribution in [1.82, 2.24) is 0 Å². The highest BCUT2D eigenvalue weighted by atomic mass is 35.5. The van der Waals surface area contributed by atoms with Crippen LogP contribution >= 0.6 is 23.2 Å². The van der Waals surface area contributed by atoms with Gasteiger partial charge in [-0.15, -0.1) is 0 Å².